The second-order valence-electron chi connectivity index (χ2n) is 3.47. The average molecular weight is 259 g/mol. The third-order valence-electron chi connectivity index (χ3n) is 2.33. The Kier molecular flexibility index (Phi) is 2.91. The number of nitro groups is 2. The molecule has 94 valence electrons. The molecule has 1 aromatic heterocycles. The van der Waals surface area contributed by atoms with Gasteiger partial charge in [-0.15, -0.1) is 0 Å². The van der Waals surface area contributed by atoms with Crippen molar-refractivity contribution in [1.82, 2.24) is 9.78 Å². The molecule has 0 saturated heterocycles. The van der Waals surface area contributed by atoms with E-state index in [2.05, 4.69) is 5.10 Å². The smallest absolute Gasteiger partial charge is 0.258 e. The minimum absolute atomic E-state index is 0.0529. The summed E-state index contributed by atoms with van der Waals surface area (Å²) in [6.07, 6.45) is 2.54. The van der Waals surface area contributed by atoms with Gasteiger partial charge in [-0.1, -0.05) is 0 Å². The molecule has 2 aromatic rings. The lowest BCUT2D eigenvalue weighted by molar-refractivity contribution is -0.394. The molecule has 0 fully saturated rings. The van der Waals surface area contributed by atoms with Crippen molar-refractivity contribution in [3.63, 3.8) is 0 Å². The van der Waals surface area contributed by atoms with Crippen LogP contribution in [0.2, 0.25) is 0 Å². The van der Waals surface area contributed by atoms with Gasteiger partial charge < -0.3 is 0 Å². The van der Waals surface area contributed by atoms with Crippen molar-refractivity contribution in [2.45, 2.75) is 0 Å². The van der Waals surface area contributed by atoms with Crippen LogP contribution in [0.1, 0.15) is 5.56 Å². The molecule has 9 nitrogen and oxygen atoms in total. The summed E-state index contributed by atoms with van der Waals surface area (Å²) in [6.45, 7) is 0. The van der Waals surface area contributed by atoms with Gasteiger partial charge in [0.25, 0.3) is 5.69 Å². The molecule has 0 N–H and O–H groups in total. The molecule has 0 aliphatic rings. The van der Waals surface area contributed by atoms with Gasteiger partial charge in [-0.25, -0.2) is 4.68 Å². The predicted octanol–water partition coefficient (Wildman–Crippen LogP) is 1.56. The van der Waals surface area contributed by atoms with Gasteiger partial charge in [0.2, 0.25) is 0 Å². The Labute approximate surface area is 105 Å². The first-order valence-electron chi connectivity index (χ1n) is 4.91. The maximum absolute atomic E-state index is 10.9. The SMILES string of the molecule is N#Cc1cnn(-c2ccc([N+](=O)[O-])cc2[N+](=O)[O-])c1. The van der Waals surface area contributed by atoms with Gasteiger partial charge in [0.1, 0.15) is 11.8 Å². The fraction of sp³-hybridized carbons (Fsp3) is 0. The fourth-order valence-electron chi connectivity index (χ4n) is 1.48. The van der Waals surface area contributed by atoms with E-state index >= 15 is 0 Å². The molecular weight excluding hydrogens is 254 g/mol. The molecule has 1 aromatic carbocycles. The van der Waals surface area contributed by atoms with Crippen molar-refractivity contribution in [1.29, 1.82) is 5.26 Å². The lowest BCUT2D eigenvalue weighted by atomic mass is 10.2. The summed E-state index contributed by atoms with van der Waals surface area (Å²) in [5, 5.41) is 34.0. The van der Waals surface area contributed by atoms with E-state index in [-0.39, 0.29) is 16.9 Å². The van der Waals surface area contributed by atoms with Gasteiger partial charge in [-0.3, -0.25) is 20.2 Å². The molecule has 19 heavy (non-hydrogen) atoms. The van der Waals surface area contributed by atoms with Crippen molar-refractivity contribution < 1.29 is 9.85 Å². The Bertz CT molecular complexity index is 715. The molecule has 0 radical (unpaired) electrons. The first-order valence-corrected chi connectivity index (χ1v) is 4.91. The topological polar surface area (TPSA) is 128 Å². The van der Waals surface area contributed by atoms with Crippen LogP contribution in [-0.4, -0.2) is 19.6 Å². The highest BCUT2D eigenvalue weighted by Crippen LogP contribution is 2.27. The number of aromatic nitrogens is 2. The first kappa shape index (κ1) is 12.2. The number of rotatable bonds is 3. The van der Waals surface area contributed by atoms with Gasteiger partial charge >= 0.3 is 5.69 Å². The van der Waals surface area contributed by atoms with E-state index in [0.717, 1.165) is 16.8 Å². The summed E-state index contributed by atoms with van der Waals surface area (Å²) < 4.78 is 1.13. The largest absolute Gasteiger partial charge is 0.301 e. The second kappa shape index (κ2) is 4.53. The lowest BCUT2D eigenvalue weighted by Crippen LogP contribution is -2.01. The number of nitrogens with zero attached hydrogens (tertiary/aromatic N) is 5. The summed E-state index contributed by atoms with van der Waals surface area (Å²) in [7, 11) is 0. The number of hydrogen-bond donors (Lipinski definition) is 0. The van der Waals surface area contributed by atoms with E-state index in [4.69, 9.17) is 5.26 Å². The van der Waals surface area contributed by atoms with E-state index in [0.29, 0.717) is 0 Å². The molecular formula is C10H5N5O4. The van der Waals surface area contributed by atoms with E-state index in [9.17, 15) is 20.2 Å². The van der Waals surface area contributed by atoms with Gasteiger partial charge in [0.15, 0.2) is 0 Å². The van der Waals surface area contributed by atoms with Crippen LogP contribution in [-0.2, 0) is 0 Å². The molecule has 0 aliphatic carbocycles. The second-order valence-corrected chi connectivity index (χ2v) is 3.47. The quantitative estimate of drug-likeness (QED) is 0.607. The van der Waals surface area contributed by atoms with Gasteiger partial charge in [-0.05, 0) is 6.07 Å². The maximum Gasteiger partial charge on any atom is 0.301 e. The molecule has 9 heteroatoms. The maximum atomic E-state index is 10.9. The molecule has 0 aliphatic heterocycles. The Hall–Kier alpha value is -3.28. The van der Waals surface area contributed by atoms with E-state index < -0.39 is 15.5 Å². The molecule has 1 heterocycles. The molecule has 0 saturated carbocycles. The summed E-state index contributed by atoms with van der Waals surface area (Å²) in [4.78, 5) is 20.1. The molecule has 0 atom stereocenters. The molecule has 0 amide bonds. The van der Waals surface area contributed by atoms with Crippen LogP contribution < -0.4 is 0 Å². The highest BCUT2D eigenvalue weighted by Gasteiger charge is 2.21. The predicted molar refractivity (Wildman–Crippen MR) is 61.6 cm³/mol. The number of benzene rings is 1. The summed E-state index contributed by atoms with van der Waals surface area (Å²) >= 11 is 0. The lowest BCUT2D eigenvalue weighted by Gasteiger charge is -2.02. The molecule has 0 spiro atoms. The first-order chi connectivity index (χ1) is 9.02. The van der Waals surface area contributed by atoms with E-state index in [1.54, 1.807) is 0 Å². The fourth-order valence-corrected chi connectivity index (χ4v) is 1.48. The number of non-ortho nitro benzene ring substituents is 1. The molecule has 0 bridgehead atoms. The minimum Gasteiger partial charge on any atom is -0.258 e. The Morgan fingerprint density at radius 1 is 1.26 bits per heavy atom. The minimum atomic E-state index is -0.740. The van der Waals surface area contributed by atoms with Gasteiger partial charge in [-0.2, -0.15) is 10.4 Å². The van der Waals surface area contributed by atoms with Crippen LogP contribution in [0, 0.1) is 31.6 Å². The summed E-state index contributed by atoms with van der Waals surface area (Å²) in [6, 6.07) is 5.03. The van der Waals surface area contributed by atoms with Crippen LogP contribution in [0.4, 0.5) is 11.4 Å². The van der Waals surface area contributed by atoms with Crippen molar-refractivity contribution in [3.05, 3.63) is 56.4 Å². The third-order valence-corrected chi connectivity index (χ3v) is 2.33. The third kappa shape index (κ3) is 2.22. The highest BCUT2D eigenvalue weighted by molar-refractivity contribution is 5.57. The van der Waals surface area contributed by atoms with Gasteiger partial charge in [0.05, 0.1) is 27.7 Å². The summed E-state index contributed by atoms with van der Waals surface area (Å²) in [5.74, 6) is 0. The Morgan fingerprint density at radius 3 is 2.53 bits per heavy atom. The van der Waals surface area contributed by atoms with Crippen molar-refractivity contribution in [3.8, 4) is 11.8 Å². The number of nitro benzene ring substituents is 2. The zero-order valence-corrected chi connectivity index (χ0v) is 9.26. The summed E-state index contributed by atoms with van der Waals surface area (Å²) in [5.41, 5.74) is -0.561. The van der Waals surface area contributed by atoms with Crippen LogP contribution in [0.15, 0.2) is 30.6 Å². The highest BCUT2D eigenvalue weighted by atomic mass is 16.6. The number of hydrogen-bond acceptors (Lipinski definition) is 6. The van der Waals surface area contributed by atoms with Crippen LogP contribution in [0.3, 0.4) is 0 Å². The van der Waals surface area contributed by atoms with Crippen LogP contribution in [0.25, 0.3) is 5.69 Å². The Morgan fingerprint density at radius 2 is 2.00 bits per heavy atom. The van der Waals surface area contributed by atoms with E-state index in [1.807, 2.05) is 6.07 Å². The monoisotopic (exact) mass is 259 g/mol. The Balaban J connectivity index is 2.60. The van der Waals surface area contributed by atoms with Crippen molar-refractivity contribution >= 4 is 11.4 Å². The zero-order valence-electron chi connectivity index (χ0n) is 9.26. The standard InChI is InChI=1S/C10H5N5O4/c11-4-7-5-12-13(6-7)9-2-1-8(14(16)17)3-10(9)15(18)19/h1-3,5-6H. The molecule has 0 unspecified atom stereocenters. The molecule has 2 rings (SSSR count). The van der Waals surface area contributed by atoms with Crippen molar-refractivity contribution in [2.24, 2.45) is 0 Å². The van der Waals surface area contributed by atoms with Gasteiger partial charge in [0, 0.05) is 12.3 Å². The zero-order chi connectivity index (χ0) is 14.0. The van der Waals surface area contributed by atoms with Crippen LogP contribution in [0.5, 0.6) is 0 Å². The van der Waals surface area contributed by atoms with Crippen LogP contribution >= 0.6 is 0 Å². The number of nitriles is 1. The normalized spacial score (nSPS) is 9.84. The van der Waals surface area contributed by atoms with Crippen molar-refractivity contribution in [2.75, 3.05) is 0 Å². The average Bonchev–Trinajstić information content (AvgIpc) is 2.86. The van der Waals surface area contributed by atoms with E-state index in [1.165, 1.54) is 18.5 Å².